The minimum absolute atomic E-state index is 0.628. The molecule has 0 aromatic carbocycles. The molecular weight excluding hydrogens is 159 g/mol. The van der Waals surface area contributed by atoms with E-state index >= 15 is 0 Å². The molecule has 0 spiro atoms. The summed E-state index contributed by atoms with van der Waals surface area (Å²) in [7, 11) is -1.15. The zero-order valence-electron chi connectivity index (χ0n) is 6.76. The fourth-order valence-electron chi connectivity index (χ4n) is 1.34. The molecule has 0 bridgehead atoms. The fourth-order valence-corrected chi connectivity index (χ4v) is 3.82. The molecule has 0 amide bonds. The predicted molar refractivity (Wildman–Crippen MR) is 47.0 cm³/mol. The fraction of sp³-hybridized carbons (Fsp3) is 0.750. The number of allylic oxidation sites excluding steroid dienone is 1. The van der Waals surface area contributed by atoms with Crippen LogP contribution in [0.1, 0.15) is 12.8 Å². The highest BCUT2D eigenvalue weighted by atomic mass is 28.3. The lowest BCUT2D eigenvalue weighted by molar-refractivity contribution is 0.278. The predicted octanol–water partition coefficient (Wildman–Crippen LogP) is 2.04. The lowest BCUT2D eigenvalue weighted by Gasteiger charge is -2.21. The first-order valence-corrected chi connectivity index (χ1v) is 6.31. The molecule has 1 heterocycles. The second-order valence-corrected chi connectivity index (χ2v) is 5.60. The van der Waals surface area contributed by atoms with Crippen LogP contribution in [0.5, 0.6) is 0 Å². The smallest absolute Gasteiger partial charge is 0.180 e. The van der Waals surface area contributed by atoms with Crippen LogP contribution in [0.3, 0.4) is 0 Å². The van der Waals surface area contributed by atoms with Gasteiger partial charge in [-0.1, -0.05) is 12.5 Å². The van der Waals surface area contributed by atoms with Gasteiger partial charge in [-0.3, -0.25) is 0 Å². The van der Waals surface area contributed by atoms with Crippen molar-refractivity contribution in [2.24, 2.45) is 0 Å². The van der Waals surface area contributed by atoms with Gasteiger partial charge in [-0.05, 0) is 18.5 Å². The third-order valence-electron chi connectivity index (χ3n) is 2.02. The van der Waals surface area contributed by atoms with Crippen molar-refractivity contribution in [2.75, 3.05) is 6.61 Å². The van der Waals surface area contributed by atoms with Crippen LogP contribution in [0.4, 0.5) is 4.39 Å². The van der Waals surface area contributed by atoms with Crippen molar-refractivity contribution < 1.29 is 8.82 Å². The summed E-state index contributed by atoms with van der Waals surface area (Å²) in [5.74, 6) is 0. The van der Waals surface area contributed by atoms with Gasteiger partial charge in [0.15, 0.2) is 9.04 Å². The molecule has 1 rings (SSSR count). The molecule has 1 fully saturated rings. The van der Waals surface area contributed by atoms with Crippen molar-refractivity contribution in [3.05, 3.63) is 12.7 Å². The molecule has 1 saturated heterocycles. The lowest BCUT2D eigenvalue weighted by atomic mass is 10.4. The molecule has 11 heavy (non-hydrogen) atoms. The number of hydrogen-bond donors (Lipinski definition) is 0. The van der Waals surface area contributed by atoms with Gasteiger partial charge >= 0.3 is 0 Å². The van der Waals surface area contributed by atoms with Gasteiger partial charge in [-0.15, -0.1) is 6.58 Å². The number of alkyl halides is 1. The van der Waals surface area contributed by atoms with Gasteiger partial charge in [0, 0.05) is 6.61 Å². The first kappa shape index (κ1) is 8.94. The van der Waals surface area contributed by atoms with E-state index in [9.17, 15) is 4.39 Å². The maximum Gasteiger partial charge on any atom is 0.180 e. The van der Waals surface area contributed by atoms with Crippen LogP contribution >= 0.6 is 0 Å². The van der Waals surface area contributed by atoms with Crippen LogP contribution in [0, 0.1) is 0 Å². The van der Waals surface area contributed by atoms with Crippen LogP contribution < -0.4 is 0 Å². The van der Waals surface area contributed by atoms with E-state index in [1.807, 2.05) is 0 Å². The van der Waals surface area contributed by atoms with Gasteiger partial charge in [-0.2, -0.15) is 0 Å². The van der Waals surface area contributed by atoms with Crippen molar-refractivity contribution in [3.8, 4) is 0 Å². The quantitative estimate of drug-likeness (QED) is 0.470. The summed E-state index contributed by atoms with van der Waals surface area (Å²) in [5.41, 5.74) is 0. The Hall–Kier alpha value is -0.153. The molecule has 1 nitrogen and oxygen atoms in total. The normalized spacial score (nSPS) is 27.9. The first-order valence-electron chi connectivity index (χ1n) is 4.21. The summed E-state index contributed by atoms with van der Waals surface area (Å²) >= 11 is 0. The topological polar surface area (TPSA) is 9.23 Å². The van der Waals surface area contributed by atoms with Gasteiger partial charge < -0.3 is 4.43 Å². The average Bonchev–Trinajstić information content (AvgIpc) is 2.06. The van der Waals surface area contributed by atoms with Crippen LogP contribution in [-0.2, 0) is 4.43 Å². The van der Waals surface area contributed by atoms with Crippen LogP contribution in [0.15, 0.2) is 12.7 Å². The minimum Gasteiger partial charge on any atom is -0.420 e. The van der Waals surface area contributed by atoms with E-state index in [2.05, 4.69) is 6.58 Å². The third-order valence-corrected chi connectivity index (χ3v) is 4.75. The Bertz CT molecular complexity index is 123. The molecule has 0 aliphatic carbocycles. The molecule has 0 saturated carbocycles. The Kier molecular flexibility index (Phi) is 3.79. The van der Waals surface area contributed by atoms with Crippen molar-refractivity contribution in [3.63, 3.8) is 0 Å². The Morgan fingerprint density at radius 1 is 1.64 bits per heavy atom. The van der Waals surface area contributed by atoms with Crippen molar-refractivity contribution >= 4 is 9.04 Å². The zero-order valence-corrected chi connectivity index (χ0v) is 7.92. The van der Waals surface area contributed by atoms with Gasteiger partial charge in [0.1, 0.15) is 6.17 Å². The number of hydrogen-bond acceptors (Lipinski definition) is 1. The van der Waals surface area contributed by atoms with Gasteiger partial charge in [0.2, 0.25) is 0 Å². The molecule has 3 heteroatoms. The second-order valence-electron chi connectivity index (χ2n) is 2.98. The SMILES string of the molecule is C=CC(F)C[SiH]1CCCCO1. The maximum absolute atomic E-state index is 12.8. The lowest BCUT2D eigenvalue weighted by Crippen LogP contribution is -2.25. The highest BCUT2D eigenvalue weighted by Gasteiger charge is 2.19. The Balaban J connectivity index is 2.18. The molecule has 2 atom stereocenters. The Morgan fingerprint density at radius 2 is 2.45 bits per heavy atom. The summed E-state index contributed by atoms with van der Waals surface area (Å²) in [6.07, 6.45) is 2.95. The molecule has 2 unspecified atom stereocenters. The molecule has 1 aliphatic heterocycles. The Labute approximate surface area is 69.0 Å². The van der Waals surface area contributed by atoms with E-state index in [0.29, 0.717) is 6.04 Å². The van der Waals surface area contributed by atoms with E-state index in [1.54, 1.807) is 0 Å². The van der Waals surface area contributed by atoms with E-state index in [0.717, 1.165) is 19.1 Å². The van der Waals surface area contributed by atoms with Crippen molar-refractivity contribution in [1.29, 1.82) is 0 Å². The van der Waals surface area contributed by atoms with Crippen LogP contribution in [-0.4, -0.2) is 21.8 Å². The summed E-state index contributed by atoms with van der Waals surface area (Å²) in [5, 5.41) is 0. The number of rotatable bonds is 3. The maximum atomic E-state index is 12.8. The highest BCUT2D eigenvalue weighted by molar-refractivity contribution is 6.52. The summed E-state index contributed by atoms with van der Waals surface area (Å²) in [4.78, 5) is 0. The van der Waals surface area contributed by atoms with E-state index in [1.165, 1.54) is 12.5 Å². The molecule has 0 N–H and O–H groups in total. The molecule has 64 valence electrons. The molecule has 1 aliphatic rings. The van der Waals surface area contributed by atoms with E-state index in [4.69, 9.17) is 4.43 Å². The summed E-state index contributed by atoms with van der Waals surface area (Å²) in [6.45, 7) is 4.28. The summed E-state index contributed by atoms with van der Waals surface area (Å²) < 4.78 is 18.3. The largest absolute Gasteiger partial charge is 0.420 e. The zero-order chi connectivity index (χ0) is 8.10. The molecular formula is C8H15FOSi. The van der Waals surface area contributed by atoms with Gasteiger partial charge in [0.05, 0.1) is 0 Å². The Morgan fingerprint density at radius 3 is 3.00 bits per heavy atom. The van der Waals surface area contributed by atoms with Crippen LogP contribution in [0.2, 0.25) is 12.1 Å². The van der Waals surface area contributed by atoms with Gasteiger partial charge in [-0.25, -0.2) is 4.39 Å². The highest BCUT2D eigenvalue weighted by Crippen LogP contribution is 2.17. The monoisotopic (exact) mass is 174 g/mol. The summed E-state index contributed by atoms with van der Waals surface area (Å²) in [6, 6.07) is 1.78. The molecule has 0 aromatic heterocycles. The van der Waals surface area contributed by atoms with Gasteiger partial charge in [0.25, 0.3) is 0 Å². The van der Waals surface area contributed by atoms with E-state index < -0.39 is 15.2 Å². The standard InChI is InChI=1S/C8H15FOSi/c1-2-8(9)7-11-6-4-3-5-10-11/h2,8,11H,1,3-7H2. The average molecular weight is 174 g/mol. The first-order chi connectivity index (χ1) is 5.33. The molecule has 0 radical (unpaired) electrons. The third kappa shape index (κ3) is 3.16. The second kappa shape index (κ2) is 4.67. The minimum atomic E-state index is -1.15. The van der Waals surface area contributed by atoms with Crippen LogP contribution in [0.25, 0.3) is 0 Å². The molecule has 0 aromatic rings. The number of halogens is 1. The van der Waals surface area contributed by atoms with E-state index in [-0.39, 0.29) is 0 Å². The van der Waals surface area contributed by atoms with Crippen molar-refractivity contribution in [1.82, 2.24) is 0 Å². The van der Waals surface area contributed by atoms with Crippen molar-refractivity contribution in [2.45, 2.75) is 31.1 Å².